The van der Waals surface area contributed by atoms with Crippen LogP contribution in [0.2, 0.25) is 0 Å². The highest BCUT2D eigenvalue weighted by Crippen LogP contribution is 2.28. The lowest BCUT2D eigenvalue weighted by molar-refractivity contribution is -0.122. The van der Waals surface area contributed by atoms with Crippen molar-refractivity contribution in [2.45, 2.75) is 0 Å². The number of benzene rings is 2. The van der Waals surface area contributed by atoms with E-state index in [2.05, 4.69) is 21.2 Å². The third kappa shape index (κ3) is 3.70. The number of methoxy groups -OCH3 is 2. The van der Waals surface area contributed by atoms with Gasteiger partial charge in [-0.1, -0.05) is 12.1 Å². The normalized spacial score (nSPS) is 15.7. The van der Waals surface area contributed by atoms with Crippen molar-refractivity contribution >= 4 is 45.5 Å². The Morgan fingerprint density at radius 1 is 1.04 bits per heavy atom. The SMILES string of the molecule is COc1cccc(N2C(=O)NC(=O)/C(=C\c3ccc(OC)c(Br)c3)C2=O)c1. The summed E-state index contributed by atoms with van der Waals surface area (Å²) in [6.45, 7) is 0. The number of halogens is 1. The van der Waals surface area contributed by atoms with Crippen LogP contribution in [0.1, 0.15) is 5.56 Å². The summed E-state index contributed by atoms with van der Waals surface area (Å²) >= 11 is 3.36. The van der Waals surface area contributed by atoms with Crippen molar-refractivity contribution in [3.05, 3.63) is 58.1 Å². The molecule has 1 aliphatic heterocycles. The van der Waals surface area contributed by atoms with Crippen molar-refractivity contribution in [2.75, 3.05) is 19.1 Å². The zero-order valence-electron chi connectivity index (χ0n) is 14.5. The molecule has 1 fully saturated rings. The molecular formula is C19H15BrN2O5. The Hall–Kier alpha value is -3.13. The van der Waals surface area contributed by atoms with Crippen molar-refractivity contribution < 1.29 is 23.9 Å². The Labute approximate surface area is 163 Å². The molecule has 0 unspecified atom stereocenters. The maximum absolute atomic E-state index is 12.9. The number of anilines is 1. The highest BCUT2D eigenvalue weighted by atomic mass is 79.9. The topological polar surface area (TPSA) is 84.9 Å². The standard InChI is InChI=1S/C19H15BrN2O5/c1-26-13-5-3-4-12(10-13)22-18(24)14(17(23)21-19(22)25)8-11-6-7-16(27-2)15(20)9-11/h3-10H,1-2H3,(H,21,23,25)/b14-8+. The monoisotopic (exact) mass is 430 g/mol. The number of hydrogen-bond donors (Lipinski definition) is 1. The Kier molecular flexibility index (Phi) is 5.27. The van der Waals surface area contributed by atoms with E-state index < -0.39 is 17.8 Å². The average Bonchev–Trinajstić information content (AvgIpc) is 2.65. The highest BCUT2D eigenvalue weighted by Gasteiger charge is 2.36. The number of nitrogens with zero attached hydrogens (tertiary/aromatic N) is 1. The molecule has 1 aliphatic rings. The molecule has 138 valence electrons. The first kappa shape index (κ1) is 18.7. The van der Waals surface area contributed by atoms with Crippen molar-refractivity contribution in [1.29, 1.82) is 0 Å². The summed E-state index contributed by atoms with van der Waals surface area (Å²) in [6, 6.07) is 10.7. The first-order valence-electron chi connectivity index (χ1n) is 7.83. The molecule has 0 spiro atoms. The van der Waals surface area contributed by atoms with Crippen LogP contribution in [0, 0.1) is 0 Å². The Bertz CT molecular complexity index is 970. The molecule has 8 heteroatoms. The summed E-state index contributed by atoms with van der Waals surface area (Å²) < 4.78 is 11.0. The quantitative estimate of drug-likeness (QED) is 0.594. The van der Waals surface area contributed by atoms with Crippen LogP contribution in [0.5, 0.6) is 11.5 Å². The van der Waals surface area contributed by atoms with Crippen LogP contribution in [-0.2, 0) is 9.59 Å². The molecule has 4 amide bonds. The number of barbiturate groups is 1. The number of amides is 4. The molecule has 1 N–H and O–H groups in total. The highest BCUT2D eigenvalue weighted by molar-refractivity contribution is 9.10. The van der Waals surface area contributed by atoms with Crippen molar-refractivity contribution in [3.8, 4) is 11.5 Å². The number of rotatable bonds is 4. The Morgan fingerprint density at radius 2 is 1.81 bits per heavy atom. The maximum Gasteiger partial charge on any atom is 0.335 e. The molecule has 0 aromatic heterocycles. The fraction of sp³-hybridized carbons (Fsp3) is 0.105. The van der Waals surface area contributed by atoms with Gasteiger partial charge in [-0.05, 0) is 51.8 Å². The van der Waals surface area contributed by atoms with Gasteiger partial charge in [0.1, 0.15) is 17.1 Å². The van der Waals surface area contributed by atoms with E-state index in [0.29, 0.717) is 27.2 Å². The van der Waals surface area contributed by atoms with E-state index in [9.17, 15) is 14.4 Å². The summed E-state index contributed by atoms with van der Waals surface area (Å²) in [6.07, 6.45) is 1.42. The van der Waals surface area contributed by atoms with Gasteiger partial charge in [0.2, 0.25) is 0 Å². The van der Waals surface area contributed by atoms with Gasteiger partial charge in [0, 0.05) is 6.07 Å². The molecule has 0 aliphatic carbocycles. The van der Waals surface area contributed by atoms with E-state index in [1.165, 1.54) is 26.4 Å². The number of carbonyl (C=O) groups is 3. The Morgan fingerprint density at radius 3 is 2.48 bits per heavy atom. The first-order chi connectivity index (χ1) is 12.9. The van der Waals surface area contributed by atoms with Gasteiger partial charge in [0.05, 0.1) is 24.4 Å². The smallest absolute Gasteiger partial charge is 0.335 e. The van der Waals surface area contributed by atoms with Gasteiger partial charge in [0.15, 0.2) is 0 Å². The largest absolute Gasteiger partial charge is 0.497 e. The van der Waals surface area contributed by atoms with Gasteiger partial charge < -0.3 is 9.47 Å². The van der Waals surface area contributed by atoms with Crippen LogP contribution < -0.4 is 19.7 Å². The second-order valence-electron chi connectivity index (χ2n) is 5.55. The minimum absolute atomic E-state index is 0.158. The van der Waals surface area contributed by atoms with E-state index in [4.69, 9.17) is 9.47 Å². The molecule has 2 aromatic carbocycles. The molecule has 2 aromatic rings. The number of imide groups is 2. The molecule has 0 saturated carbocycles. The summed E-state index contributed by atoms with van der Waals surface area (Å²) in [5, 5.41) is 2.18. The van der Waals surface area contributed by atoms with Crippen LogP contribution in [0.15, 0.2) is 52.5 Å². The zero-order valence-corrected chi connectivity index (χ0v) is 16.1. The maximum atomic E-state index is 12.9. The number of hydrogen-bond acceptors (Lipinski definition) is 5. The minimum Gasteiger partial charge on any atom is -0.497 e. The summed E-state index contributed by atoms with van der Waals surface area (Å²) in [4.78, 5) is 38.2. The second kappa shape index (κ2) is 7.63. The second-order valence-corrected chi connectivity index (χ2v) is 6.41. The van der Waals surface area contributed by atoms with Crippen molar-refractivity contribution in [2.24, 2.45) is 0 Å². The molecular weight excluding hydrogens is 416 g/mol. The Balaban J connectivity index is 2.00. The molecule has 0 radical (unpaired) electrons. The van der Waals surface area contributed by atoms with Crippen LogP contribution in [0.3, 0.4) is 0 Å². The summed E-state index contributed by atoms with van der Waals surface area (Å²) in [5.74, 6) is -0.376. The van der Waals surface area contributed by atoms with Gasteiger partial charge in [-0.2, -0.15) is 0 Å². The van der Waals surface area contributed by atoms with Gasteiger partial charge in [-0.3, -0.25) is 14.9 Å². The predicted octanol–water partition coefficient (Wildman–Crippen LogP) is 3.13. The van der Waals surface area contributed by atoms with E-state index in [-0.39, 0.29) is 5.57 Å². The van der Waals surface area contributed by atoms with Crippen molar-refractivity contribution in [1.82, 2.24) is 5.32 Å². The third-order valence-electron chi connectivity index (χ3n) is 3.90. The average molecular weight is 431 g/mol. The number of carbonyl (C=O) groups excluding carboxylic acids is 3. The van der Waals surface area contributed by atoms with Crippen LogP contribution in [0.25, 0.3) is 6.08 Å². The molecule has 0 atom stereocenters. The fourth-order valence-corrected chi connectivity index (χ4v) is 3.14. The lowest BCUT2D eigenvalue weighted by atomic mass is 10.1. The lowest BCUT2D eigenvalue weighted by Crippen LogP contribution is -2.54. The first-order valence-corrected chi connectivity index (χ1v) is 8.63. The van der Waals surface area contributed by atoms with Gasteiger partial charge in [-0.15, -0.1) is 0 Å². The number of nitrogens with one attached hydrogen (secondary N) is 1. The predicted molar refractivity (Wildman–Crippen MR) is 103 cm³/mol. The molecule has 1 heterocycles. The molecule has 1 saturated heterocycles. The van der Waals surface area contributed by atoms with E-state index in [1.807, 2.05) is 0 Å². The summed E-state index contributed by atoms with van der Waals surface area (Å²) in [7, 11) is 3.02. The third-order valence-corrected chi connectivity index (χ3v) is 4.52. The van der Waals surface area contributed by atoms with Crippen LogP contribution in [-0.4, -0.2) is 32.1 Å². The van der Waals surface area contributed by atoms with E-state index in [0.717, 1.165) is 4.90 Å². The lowest BCUT2D eigenvalue weighted by Gasteiger charge is -2.26. The summed E-state index contributed by atoms with van der Waals surface area (Å²) in [5.41, 5.74) is 0.738. The molecule has 27 heavy (non-hydrogen) atoms. The van der Waals surface area contributed by atoms with Crippen molar-refractivity contribution in [3.63, 3.8) is 0 Å². The van der Waals surface area contributed by atoms with Gasteiger partial charge in [-0.25, -0.2) is 9.69 Å². The number of ether oxygens (including phenoxy) is 2. The fourth-order valence-electron chi connectivity index (χ4n) is 2.58. The van der Waals surface area contributed by atoms with Gasteiger partial charge in [0.25, 0.3) is 11.8 Å². The molecule has 0 bridgehead atoms. The van der Waals surface area contributed by atoms with E-state index >= 15 is 0 Å². The number of urea groups is 1. The molecule has 7 nitrogen and oxygen atoms in total. The zero-order chi connectivity index (χ0) is 19.6. The van der Waals surface area contributed by atoms with Crippen LogP contribution >= 0.6 is 15.9 Å². The van der Waals surface area contributed by atoms with E-state index in [1.54, 1.807) is 36.4 Å². The van der Waals surface area contributed by atoms with Crippen LogP contribution in [0.4, 0.5) is 10.5 Å². The molecule has 3 rings (SSSR count). The van der Waals surface area contributed by atoms with Gasteiger partial charge >= 0.3 is 6.03 Å². The minimum atomic E-state index is -0.814.